The van der Waals surface area contributed by atoms with Crippen LogP contribution in [0.25, 0.3) is 22.0 Å². The molecule has 5 aromatic rings. The monoisotopic (exact) mass is 452 g/mol. The lowest BCUT2D eigenvalue weighted by Gasteiger charge is -2.12. The third-order valence-corrected chi connectivity index (χ3v) is 5.91. The Hall–Kier alpha value is -4.39. The molecule has 3 aromatic carbocycles. The number of aryl methyl sites for hydroxylation is 1. The van der Waals surface area contributed by atoms with E-state index in [4.69, 9.17) is 4.52 Å². The van der Waals surface area contributed by atoms with Crippen LogP contribution in [-0.2, 0) is 19.9 Å². The summed E-state index contributed by atoms with van der Waals surface area (Å²) in [6.07, 6.45) is 1.77. The molecule has 0 saturated carbocycles. The van der Waals surface area contributed by atoms with Crippen LogP contribution in [-0.4, -0.2) is 25.9 Å². The molecule has 2 N–H and O–H groups in total. The molecule has 2 heterocycles. The second-order valence-corrected chi connectivity index (χ2v) is 8.28. The molecule has 0 unspecified atom stereocenters. The molecule has 5 rings (SSSR count). The van der Waals surface area contributed by atoms with Crippen molar-refractivity contribution >= 4 is 17.0 Å². The summed E-state index contributed by atoms with van der Waals surface area (Å²) in [5, 5.41) is 17.1. The lowest BCUT2D eigenvalue weighted by molar-refractivity contribution is 0.186. The van der Waals surface area contributed by atoms with E-state index in [-0.39, 0.29) is 5.89 Å². The molecule has 0 saturated heterocycles. The van der Waals surface area contributed by atoms with E-state index < -0.39 is 12.1 Å². The van der Waals surface area contributed by atoms with E-state index in [0.29, 0.717) is 18.7 Å². The van der Waals surface area contributed by atoms with E-state index in [9.17, 15) is 9.90 Å². The van der Waals surface area contributed by atoms with Gasteiger partial charge in [-0.2, -0.15) is 4.98 Å². The lowest BCUT2D eigenvalue weighted by Crippen LogP contribution is -2.28. The Kier molecular flexibility index (Phi) is 5.82. The average molecular weight is 453 g/mol. The second kappa shape index (κ2) is 9.23. The molecule has 0 aliphatic heterocycles. The maximum atomic E-state index is 11.5. The number of benzene rings is 3. The molecule has 1 amide bonds. The van der Waals surface area contributed by atoms with Crippen molar-refractivity contribution in [3.8, 4) is 11.1 Å². The van der Waals surface area contributed by atoms with Crippen LogP contribution in [0.15, 0.2) is 89.6 Å². The summed E-state index contributed by atoms with van der Waals surface area (Å²) < 4.78 is 7.52. The fourth-order valence-electron chi connectivity index (χ4n) is 4.27. The highest BCUT2D eigenvalue weighted by Crippen LogP contribution is 2.26. The molecule has 2 aromatic heterocycles. The van der Waals surface area contributed by atoms with Gasteiger partial charge in [0, 0.05) is 37.0 Å². The molecule has 0 radical (unpaired) electrons. The molecule has 7 heteroatoms. The summed E-state index contributed by atoms with van der Waals surface area (Å²) in [4.78, 5) is 16.0. The Morgan fingerprint density at radius 1 is 1.00 bits per heavy atom. The topological polar surface area (TPSA) is 93.2 Å². The van der Waals surface area contributed by atoms with Crippen LogP contribution in [0.1, 0.15) is 28.9 Å². The van der Waals surface area contributed by atoms with Crippen molar-refractivity contribution in [2.75, 3.05) is 0 Å². The zero-order valence-corrected chi connectivity index (χ0v) is 18.7. The van der Waals surface area contributed by atoms with Gasteiger partial charge in [0.2, 0.25) is 5.89 Å². The molecule has 0 aliphatic carbocycles. The highest BCUT2D eigenvalue weighted by molar-refractivity contribution is 5.84. The van der Waals surface area contributed by atoms with Gasteiger partial charge in [0.15, 0.2) is 5.82 Å². The van der Waals surface area contributed by atoms with Crippen LogP contribution in [0.4, 0.5) is 4.79 Å². The quantitative estimate of drug-likeness (QED) is 0.346. The van der Waals surface area contributed by atoms with Gasteiger partial charge in [-0.3, -0.25) is 0 Å². The van der Waals surface area contributed by atoms with Crippen LogP contribution < -0.4 is 5.32 Å². The van der Waals surface area contributed by atoms with Gasteiger partial charge < -0.3 is 19.5 Å². The Morgan fingerprint density at radius 3 is 2.47 bits per heavy atom. The van der Waals surface area contributed by atoms with Crippen molar-refractivity contribution in [2.45, 2.75) is 18.9 Å². The van der Waals surface area contributed by atoms with Crippen molar-refractivity contribution < 1.29 is 14.4 Å². The van der Waals surface area contributed by atoms with Gasteiger partial charge in [0.1, 0.15) is 6.04 Å². The van der Waals surface area contributed by atoms with Gasteiger partial charge in [0.05, 0.1) is 0 Å². The van der Waals surface area contributed by atoms with Crippen molar-refractivity contribution in [2.24, 2.45) is 7.05 Å². The normalized spacial score (nSPS) is 12.0. The number of hydrogen-bond donors (Lipinski definition) is 2. The number of nitrogens with zero attached hydrogens (tertiary/aromatic N) is 3. The number of aromatic nitrogens is 3. The molecular formula is C27H24N4O3. The largest absolute Gasteiger partial charge is 0.465 e. The molecule has 1 atom stereocenters. The highest BCUT2D eigenvalue weighted by Gasteiger charge is 2.23. The Balaban J connectivity index is 1.35. The van der Waals surface area contributed by atoms with Crippen LogP contribution in [0.2, 0.25) is 0 Å². The first kappa shape index (κ1) is 21.5. The van der Waals surface area contributed by atoms with E-state index >= 15 is 0 Å². The van der Waals surface area contributed by atoms with Crippen LogP contribution in [0.5, 0.6) is 0 Å². The predicted octanol–water partition coefficient (Wildman–Crippen LogP) is 5.37. The number of para-hydroxylation sites is 1. The van der Waals surface area contributed by atoms with Gasteiger partial charge in [0.25, 0.3) is 0 Å². The zero-order chi connectivity index (χ0) is 23.5. The summed E-state index contributed by atoms with van der Waals surface area (Å²) in [6, 6.07) is 25.8. The van der Waals surface area contributed by atoms with Crippen LogP contribution in [0, 0.1) is 0 Å². The summed E-state index contributed by atoms with van der Waals surface area (Å²) >= 11 is 0. The van der Waals surface area contributed by atoms with Crippen molar-refractivity contribution in [1.82, 2.24) is 20.0 Å². The molecule has 0 fully saturated rings. The number of carboxylic acid groups (broad SMARTS) is 1. The number of nitrogens with one attached hydrogen (secondary N) is 1. The SMILES string of the molecule is Cn1cc(C[C@H](NC(=O)O)c2nc(Cc3ccc(-c4ccccc4)cc3)no2)c2ccccc21. The van der Waals surface area contributed by atoms with Gasteiger partial charge in [-0.25, -0.2) is 4.79 Å². The van der Waals surface area contributed by atoms with E-state index in [1.165, 1.54) is 0 Å². The summed E-state index contributed by atoms with van der Waals surface area (Å²) in [5.74, 6) is 0.767. The molecule has 7 nitrogen and oxygen atoms in total. The van der Waals surface area contributed by atoms with Gasteiger partial charge in [-0.05, 0) is 28.3 Å². The van der Waals surface area contributed by atoms with Gasteiger partial charge in [-0.15, -0.1) is 0 Å². The molecule has 0 spiro atoms. The number of fused-ring (bicyclic) bond motifs is 1. The maximum Gasteiger partial charge on any atom is 0.405 e. The summed E-state index contributed by atoms with van der Waals surface area (Å²) in [5.41, 5.74) is 5.43. The molecule has 170 valence electrons. The standard InChI is InChI=1S/C27H24N4O3/c1-31-17-21(22-9-5-6-10-24(22)31)16-23(28-27(32)33)26-29-25(30-34-26)15-18-11-13-20(14-12-18)19-7-3-2-4-8-19/h2-14,17,23,28H,15-16H2,1H3,(H,32,33)/t23-/m0/s1. The first-order valence-corrected chi connectivity index (χ1v) is 11.1. The molecular weight excluding hydrogens is 428 g/mol. The van der Waals surface area contributed by atoms with Gasteiger partial charge >= 0.3 is 6.09 Å². The number of hydrogen-bond acceptors (Lipinski definition) is 4. The third-order valence-electron chi connectivity index (χ3n) is 5.91. The smallest absolute Gasteiger partial charge is 0.405 e. The average Bonchev–Trinajstić information content (AvgIpc) is 3.44. The predicted molar refractivity (Wildman–Crippen MR) is 130 cm³/mol. The highest BCUT2D eigenvalue weighted by atomic mass is 16.5. The van der Waals surface area contributed by atoms with Crippen LogP contribution in [0.3, 0.4) is 0 Å². The molecule has 34 heavy (non-hydrogen) atoms. The minimum Gasteiger partial charge on any atom is -0.465 e. The van der Waals surface area contributed by atoms with E-state index in [1.807, 2.05) is 72.4 Å². The lowest BCUT2D eigenvalue weighted by atomic mass is 10.0. The summed E-state index contributed by atoms with van der Waals surface area (Å²) in [6.45, 7) is 0. The Morgan fingerprint density at radius 2 is 1.71 bits per heavy atom. The first-order valence-electron chi connectivity index (χ1n) is 11.1. The van der Waals surface area contributed by atoms with Gasteiger partial charge in [-0.1, -0.05) is 78.0 Å². The van der Waals surface area contributed by atoms with Crippen molar-refractivity contribution in [1.29, 1.82) is 0 Å². The Labute approximate surface area is 196 Å². The number of rotatable bonds is 7. The van der Waals surface area contributed by atoms with E-state index in [2.05, 4.69) is 39.7 Å². The maximum absolute atomic E-state index is 11.5. The second-order valence-electron chi connectivity index (χ2n) is 8.28. The fourth-order valence-corrected chi connectivity index (χ4v) is 4.27. The van der Waals surface area contributed by atoms with Crippen LogP contribution >= 0.6 is 0 Å². The zero-order valence-electron chi connectivity index (χ0n) is 18.7. The van der Waals surface area contributed by atoms with Crippen molar-refractivity contribution in [3.05, 3.63) is 108 Å². The third kappa shape index (κ3) is 4.54. The van der Waals surface area contributed by atoms with E-state index in [1.54, 1.807) is 0 Å². The van der Waals surface area contributed by atoms with E-state index in [0.717, 1.165) is 33.2 Å². The Bertz CT molecular complexity index is 1420. The number of carbonyl (C=O) groups is 1. The summed E-state index contributed by atoms with van der Waals surface area (Å²) in [7, 11) is 1.97. The molecule has 0 bridgehead atoms. The minimum atomic E-state index is -1.14. The first-order chi connectivity index (χ1) is 16.6. The van der Waals surface area contributed by atoms with Crippen molar-refractivity contribution in [3.63, 3.8) is 0 Å². The fraction of sp³-hybridized carbons (Fsp3) is 0.148. The number of amides is 1. The minimum absolute atomic E-state index is 0.256. The molecule has 0 aliphatic rings.